The summed E-state index contributed by atoms with van der Waals surface area (Å²) in [5, 5.41) is 2.47. The Labute approximate surface area is 157 Å². The van der Waals surface area contributed by atoms with Crippen LogP contribution in [0.5, 0.6) is 5.75 Å². The van der Waals surface area contributed by atoms with E-state index in [1.165, 1.54) is 15.3 Å². The summed E-state index contributed by atoms with van der Waals surface area (Å²) in [6.45, 7) is 13.0. The van der Waals surface area contributed by atoms with Gasteiger partial charge in [0.2, 0.25) is 0 Å². The summed E-state index contributed by atoms with van der Waals surface area (Å²) >= 11 is 1.67. The van der Waals surface area contributed by atoms with Crippen molar-refractivity contribution in [3.63, 3.8) is 0 Å². The van der Waals surface area contributed by atoms with Crippen LogP contribution in [0.1, 0.15) is 17.7 Å². The van der Waals surface area contributed by atoms with E-state index < -0.39 is 0 Å². The number of aromatic nitrogens is 1. The van der Waals surface area contributed by atoms with Crippen LogP contribution >= 0.6 is 11.3 Å². The van der Waals surface area contributed by atoms with Crippen molar-refractivity contribution in [2.24, 2.45) is 5.73 Å². The van der Waals surface area contributed by atoms with Crippen LogP contribution in [0.4, 0.5) is 0 Å². The van der Waals surface area contributed by atoms with Gasteiger partial charge in [0, 0.05) is 36.7 Å². The van der Waals surface area contributed by atoms with E-state index in [9.17, 15) is 0 Å². The number of fused-ring (bicyclic) bond motifs is 3. The van der Waals surface area contributed by atoms with Crippen LogP contribution in [-0.2, 0) is 4.74 Å². The maximum atomic E-state index is 6.27. The highest BCUT2D eigenvalue weighted by Gasteiger charge is 2.21. The standard InChI is InChI=1S/C20H25N3O2S/c1-3-23-16-7-5-4-6-15(16)20-17(23)18(19(26-20)14(2)21)25-13-10-22-8-11-24-12-9-22/h3,6-7H,1-2,4-5,8-13,21H2. The molecule has 0 atom stereocenters. The molecule has 2 aromatic rings. The van der Waals surface area contributed by atoms with Gasteiger partial charge < -0.3 is 19.8 Å². The van der Waals surface area contributed by atoms with Gasteiger partial charge in [0.15, 0.2) is 5.75 Å². The molecule has 138 valence electrons. The Balaban J connectivity index is 1.72. The van der Waals surface area contributed by atoms with Crippen LogP contribution in [0.2, 0.25) is 0 Å². The van der Waals surface area contributed by atoms with Crippen molar-refractivity contribution in [3.8, 4) is 5.75 Å². The topological polar surface area (TPSA) is 52.7 Å². The number of nitrogens with two attached hydrogens (primary N) is 1. The lowest BCUT2D eigenvalue weighted by Gasteiger charge is -2.26. The van der Waals surface area contributed by atoms with Crippen molar-refractivity contribution in [3.05, 3.63) is 28.6 Å². The first-order valence-corrected chi connectivity index (χ1v) is 9.89. The van der Waals surface area contributed by atoms with Gasteiger partial charge in [-0.05, 0) is 12.8 Å². The smallest absolute Gasteiger partial charge is 0.164 e. The third-order valence-corrected chi connectivity index (χ3v) is 6.22. The van der Waals surface area contributed by atoms with Crippen LogP contribution in [0.15, 0.2) is 13.2 Å². The highest BCUT2D eigenvalue weighted by molar-refractivity contribution is 7.20. The Bertz CT molecular complexity index is 964. The molecule has 2 aromatic heterocycles. The highest BCUT2D eigenvalue weighted by atomic mass is 32.1. The summed E-state index contributed by atoms with van der Waals surface area (Å²) in [6, 6.07) is 0. The summed E-state index contributed by atoms with van der Waals surface area (Å²) in [6.07, 6.45) is 8.56. The molecule has 1 fully saturated rings. The summed E-state index contributed by atoms with van der Waals surface area (Å²) in [5.74, 6) is 0.835. The molecule has 2 aliphatic rings. The second-order valence-corrected chi connectivity index (χ2v) is 7.62. The van der Waals surface area contributed by atoms with Crippen molar-refractivity contribution < 1.29 is 9.47 Å². The number of rotatable bonds is 6. The Kier molecular flexibility index (Phi) is 4.89. The Morgan fingerprint density at radius 1 is 1.31 bits per heavy atom. The van der Waals surface area contributed by atoms with Gasteiger partial charge in [0.1, 0.15) is 12.1 Å². The molecule has 0 unspecified atom stereocenters. The van der Waals surface area contributed by atoms with Crippen LogP contribution in [0.25, 0.3) is 34.3 Å². The van der Waals surface area contributed by atoms with Crippen LogP contribution < -0.4 is 21.0 Å². The molecule has 1 aliphatic heterocycles. The van der Waals surface area contributed by atoms with E-state index in [2.05, 4.69) is 34.8 Å². The minimum atomic E-state index is 0.553. The van der Waals surface area contributed by atoms with Crippen molar-refractivity contribution in [1.82, 2.24) is 9.47 Å². The average Bonchev–Trinajstić information content (AvgIpc) is 3.18. The molecule has 0 bridgehead atoms. The molecular formula is C20H25N3O2S. The molecule has 4 rings (SSSR count). The maximum absolute atomic E-state index is 6.27. The van der Waals surface area contributed by atoms with E-state index in [1.54, 1.807) is 11.3 Å². The third-order valence-electron chi connectivity index (χ3n) is 4.95. The predicted molar refractivity (Wildman–Crippen MR) is 110 cm³/mol. The summed E-state index contributed by atoms with van der Waals surface area (Å²) < 4.78 is 15.0. The monoisotopic (exact) mass is 371 g/mol. The van der Waals surface area contributed by atoms with Crippen LogP contribution in [0, 0.1) is 0 Å². The van der Waals surface area contributed by atoms with Crippen LogP contribution in [0.3, 0.4) is 0 Å². The van der Waals surface area contributed by atoms with E-state index in [1.807, 2.05) is 6.20 Å². The minimum Gasteiger partial charge on any atom is -0.488 e. The second-order valence-electron chi connectivity index (χ2n) is 6.60. The van der Waals surface area contributed by atoms with Crippen molar-refractivity contribution in [2.75, 3.05) is 39.5 Å². The molecule has 2 N–H and O–H groups in total. The van der Waals surface area contributed by atoms with Gasteiger partial charge in [-0.1, -0.05) is 25.3 Å². The first kappa shape index (κ1) is 17.4. The Hall–Kier alpha value is -2.02. The molecule has 0 saturated carbocycles. The molecule has 1 saturated heterocycles. The molecule has 0 amide bonds. The van der Waals surface area contributed by atoms with Crippen molar-refractivity contribution >= 4 is 45.6 Å². The number of hydrogen-bond donors (Lipinski definition) is 1. The van der Waals surface area contributed by atoms with E-state index in [0.29, 0.717) is 12.3 Å². The van der Waals surface area contributed by atoms with Gasteiger partial charge in [0.05, 0.1) is 28.1 Å². The lowest BCUT2D eigenvalue weighted by molar-refractivity contribution is 0.0323. The minimum absolute atomic E-state index is 0.553. The molecule has 3 heterocycles. The van der Waals surface area contributed by atoms with E-state index >= 15 is 0 Å². The quantitative estimate of drug-likeness (QED) is 0.841. The number of morpholine rings is 1. The van der Waals surface area contributed by atoms with Gasteiger partial charge in [-0.15, -0.1) is 11.3 Å². The first-order chi connectivity index (χ1) is 12.7. The zero-order valence-electron chi connectivity index (χ0n) is 15.0. The largest absolute Gasteiger partial charge is 0.488 e. The summed E-state index contributed by atoms with van der Waals surface area (Å²) in [7, 11) is 0. The Morgan fingerprint density at radius 3 is 2.81 bits per heavy atom. The molecule has 0 radical (unpaired) electrons. The van der Waals surface area contributed by atoms with E-state index in [0.717, 1.165) is 61.8 Å². The molecular weight excluding hydrogens is 346 g/mol. The lowest BCUT2D eigenvalue weighted by atomic mass is 10.2. The summed E-state index contributed by atoms with van der Waals surface area (Å²) in [5.41, 5.74) is 7.69. The van der Waals surface area contributed by atoms with E-state index in [-0.39, 0.29) is 0 Å². The zero-order chi connectivity index (χ0) is 18.1. The SMILES string of the molecule is C=Cn1c2c(c3sc(C(=C)N)c(OCCN4CCOCC4)c31)=CCCC=2. The number of nitrogens with zero attached hydrogens (tertiary/aromatic N) is 2. The molecule has 5 nitrogen and oxygen atoms in total. The molecule has 0 spiro atoms. The number of hydrogen-bond acceptors (Lipinski definition) is 5. The fraction of sp³-hybridized carbons (Fsp3) is 0.400. The normalized spacial score (nSPS) is 17.4. The highest BCUT2D eigenvalue weighted by Crippen LogP contribution is 2.38. The fourth-order valence-corrected chi connectivity index (χ4v) is 4.83. The second kappa shape index (κ2) is 7.31. The molecule has 6 heteroatoms. The van der Waals surface area contributed by atoms with E-state index in [4.69, 9.17) is 15.2 Å². The van der Waals surface area contributed by atoms with Gasteiger partial charge in [-0.3, -0.25) is 4.90 Å². The fourth-order valence-electron chi connectivity index (χ4n) is 3.67. The summed E-state index contributed by atoms with van der Waals surface area (Å²) in [4.78, 5) is 3.29. The number of ether oxygens (including phenoxy) is 2. The number of thiophene rings is 1. The molecule has 26 heavy (non-hydrogen) atoms. The third kappa shape index (κ3) is 2.98. The van der Waals surface area contributed by atoms with Crippen molar-refractivity contribution in [1.29, 1.82) is 0 Å². The average molecular weight is 372 g/mol. The van der Waals surface area contributed by atoms with Gasteiger partial charge >= 0.3 is 0 Å². The lowest BCUT2D eigenvalue weighted by Crippen LogP contribution is -2.38. The predicted octanol–water partition coefficient (Wildman–Crippen LogP) is 1.80. The van der Waals surface area contributed by atoms with Crippen LogP contribution in [-0.4, -0.2) is 48.9 Å². The van der Waals surface area contributed by atoms with Gasteiger partial charge in [-0.25, -0.2) is 0 Å². The first-order valence-electron chi connectivity index (χ1n) is 9.08. The molecule has 1 aliphatic carbocycles. The maximum Gasteiger partial charge on any atom is 0.164 e. The van der Waals surface area contributed by atoms with Crippen molar-refractivity contribution in [2.45, 2.75) is 12.8 Å². The van der Waals surface area contributed by atoms with Gasteiger partial charge in [-0.2, -0.15) is 0 Å². The Morgan fingerprint density at radius 2 is 2.08 bits per heavy atom. The molecule has 0 aromatic carbocycles. The van der Waals surface area contributed by atoms with Gasteiger partial charge in [0.25, 0.3) is 0 Å². The zero-order valence-corrected chi connectivity index (χ0v) is 15.8.